The molecule has 0 saturated carbocycles. The molecule has 0 spiro atoms. The lowest BCUT2D eigenvalue weighted by Crippen LogP contribution is -2.44. The molecule has 2 amide bonds. The largest absolute Gasteiger partial charge is 0.466 e. The van der Waals surface area contributed by atoms with Crippen molar-refractivity contribution in [3.05, 3.63) is 41.3 Å². The summed E-state index contributed by atoms with van der Waals surface area (Å²) in [5, 5.41) is 1.92. The first kappa shape index (κ1) is 21.0. The van der Waals surface area contributed by atoms with Crippen molar-refractivity contribution < 1.29 is 19.1 Å². The van der Waals surface area contributed by atoms with Crippen LogP contribution in [0.15, 0.2) is 35.7 Å². The molecule has 0 radical (unpaired) electrons. The van der Waals surface area contributed by atoms with E-state index in [0.717, 1.165) is 17.7 Å². The second kappa shape index (κ2) is 10.8. The maximum absolute atomic E-state index is 12.8. The lowest BCUT2D eigenvalue weighted by Gasteiger charge is -2.31. The molecule has 0 unspecified atom stereocenters. The van der Waals surface area contributed by atoms with E-state index in [1.165, 1.54) is 11.8 Å². The fourth-order valence-electron chi connectivity index (χ4n) is 2.80. The topological polar surface area (TPSA) is 66.9 Å². The van der Waals surface area contributed by atoms with Crippen LogP contribution in [-0.2, 0) is 19.1 Å². The number of nitrogens with zero attached hydrogens (tertiary/aromatic N) is 2. The first-order valence-electron chi connectivity index (χ1n) is 9.17. The van der Waals surface area contributed by atoms with Gasteiger partial charge in [-0.15, -0.1) is 11.8 Å². The fourth-order valence-corrected chi connectivity index (χ4v) is 3.60. The molecule has 0 aliphatic carbocycles. The normalized spacial score (nSPS) is 13.9. The van der Waals surface area contributed by atoms with Crippen molar-refractivity contribution in [1.82, 2.24) is 9.80 Å². The number of thioether (sulfide) groups is 1. The molecular formula is C20H26N2O4S. The highest BCUT2D eigenvalue weighted by Gasteiger charge is 2.27. The second-order valence-electron chi connectivity index (χ2n) is 6.10. The van der Waals surface area contributed by atoms with Crippen molar-refractivity contribution in [3.8, 4) is 0 Å². The minimum atomic E-state index is -0.318. The predicted octanol–water partition coefficient (Wildman–Crippen LogP) is 2.75. The van der Waals surface area contributed by atoms with E-state index in [1.54, 1.807) is 16.7 Å². The summed E-state index contributed by atoms with van der Waals surface area (Å²) < 4.78 is 4.94. The highest BCUT2D eigenvalue weighted by Crippen LogP contribution is 2.28. The lowest BCUT2D eigenvalue weighted by atomic mass is 10.1. The highest BCUT2D eigenvalue weighted by atomic mass is 32.2. The number of amides is 2. The Labute approximate surface area is 164 Å². The van der Waals surface area contributed by atoms with Gasteiger partial charge in [0.25, 0.3) is 0 Å². The van der Waals surface area contributed by atoms with Gasteiger partial charge in [-0.3, -0.25) is 14.4 Å². The molecule has 27 heavy (non-hydrogen) atoms. The van der Waals surface area contributed by atoms with Gasteiger partial charge in [0.05, 0.1) is 24.5 Å². The predicted molar refractivity (Wildman–Crippen MR) is 107 cm³/mol. The molecule has 1 aromatic carbocycles. The van der Waals surface area contributed by atoms with E-state index < -0.39 is 0 Å². The third kappa shape index (κ3) is 6.13. The first-order valence-corrected chi connectivity index (χ1v) is 10.2. The van der Waals surface area contributed by atoms with Crippen LogP contribution in [0.2, 0.25) is 0 Å². The highest BCUT2D eigenvalue weighted by molar-refractivity contribution is 8.03. The Kier molecular flexibility index (Phi) is 8.39. The average Bonchev–Trinajstić information content (AvgIpc) is 2.67. The molecule has 2 rings (SSSR count). The quantitative estimate of drug-likeness (QED) is 0.607. The van der Waals surface area contributed by atoms with Gasteiger partial charge in [0.2, 0.25) is 11.8 Å². The van der Waals surface area contributed by atoms with Gasteiger partial charge in [-0.25, -0.2) is 0 Å². The molecule has 146 valence electrons. The van der Waals surface area contributed by atoms with E-state index in [1.807, 2.05) is 42.7 Å². The van der Waals surface area contributed by atoms with Crippen LogP contribution in [0.1, 0.15) is 32.3 Å². The van der Waals surface area contributed by atoms with E-state index in [0.29, 0.717) is 25.4 Å². The van der Waals surface area contributed by atoms with Crippen LogP contribution in [0.5, 0.6) is 0 Å². The summed E-state index contributed by atoms with van der Waals surface area (Å²) in [4.78, 5) is 40.1. The molecule has 1 aromatic rings. The van der Waals surface area contributed by atoms with Gasteiger partial charge in [0, 0.05) is 13.1 Å². The molecule has 0 N–H and O–H groups in total. The Morgan fingerprint density at radius 3 is 2.59 bits per heavy atom. The number of carbonyl (C=O) groups is 3. The molecule has 0 fully saturated rings. The molecule has 1 aliphatic rings. The van der Waals surface area contributed by atoms with Crippen molar-refractivity contribution in [2.45, 2.75) is 26.7 Å². The Bertz CT molecular complexity index is 690. The summed E-state index contributed by atoms with van der Waals surface area (Å²) in [6.45, 7) is 4.87. The van der Waals surface area contributed by atoms with E-state index in [4.69, 9.17) is 4.74 Å². The molecule has 1 heterocycles. The third-order valence-electron chi connectivity index (χ3n) is 4.09. The molecule has 0 saturated heterocycles. The molecule has 1 aliphatic heterocycles. The zero-order valence-corrected chi connectivity index (χ0v) is 16.7. The molecular weight excluding hydrogens is 364 g/mol. The summed E-state index contributed by atoms with van der Waals surface area (Å²) in [7, 11) is 0. The van der Waals surface area contributed by atoms with Crippen LogP contribution in [-0.4, -0.2) is 59.6 Å². The lowest BCUT2D eigenvalue weighted by molar-refractivity contribution is -0.144. The van der Waals surface area contributed by atoms with Gasteiger partial charge < -0.3 is 14.5 Å². The zero-order valence-electron chi connectivity index (χ0n) is 15.8. The number of carbonyl (C=O) groups excluding carboxylic acids is 3. The van der Waals surface area contributed by atoms with Gasteiger partial charge >= 0.3 is 5.97 Å². The SMILES string of the molecule is CCCN(CCC(=O)OCC)C(=O)CN1C(=O)CSC=C1c1ccccc1. The van der Waals surface area contributed by atoms with E-state index in [-0.39, 0.29) is 30.7 Å². The second-order valence-corrected chi connectivity index (χ2v) is 6.95. The summed E-state index contributed by atoms with van der Waals surface area (Å²) in [5.41, 5.74) is 1.64. The number of hydrogen-bond acceptors (Lipinski definition) is 5. The monoisotopic (exact) mass is 390 g/mol. The van der Waals surface area contributed by atoms with Crippen LogP contribution in [0.3, 0.4) is 0 Å². The van der Waals surface area contributed by atoms with Crippen LogP contribution < -0.4 is 0 Å². The first-order chi connectivity index (χ1) is 13.1. The summed E-state index contributed by atoms with van der Waals surface area (Å²) >= 11 is 1.44. The summed E-state index contributed by atoms with van der Waals surface area (Å²) in [5.74, 6) is -0.248. The van der Waals surface area contributed by atoms with Gasteiger partial charge in [0.15, 0.2) is 0 Å². The van der Waals surface area contributed by atoms with Gasteiger partial charge in [-0.05, 0) is 24.3 Å². The molecule has 6 nitrogen and oxygen atoms in total. The zero-order chi connectivity index (χ0) is 19.6. The van der Waals surface area contributed by atoms with E-state index >= 15 is 0 Å². The molecule has 7 heteroatoms. The number of rotatable bonds is 9. The van der Waals surface area contributed by atoms with Crippen molar-refractivity contribution in [2.24, 2.45) is 0 Å². The van der Waals surface area contributed by atoms with Gasteiger partial charge in [-0.2, -0.15) is 0 Å². The smallest absolute Gasteiger partial charge is 0.307 e. The Balaban J connectivity index is 2.09. The summed E-state index contributed by atoms with van der Waals surface area (Å²) in [6, 6.07) is 9.57. The maximum Gasteiger partial charge on any atom is 0.307 e. The maximum atomic E-state index is 12.8. The van der Waals surface area contributed by atoms with Crippen molar-refractivity contribution >= 4 is 35.2 Å². The minimum Gasteiger partial charge on any atom is -0.466 e. The molecule has 0 bridgehead atoms. The van der Waals surface area contributed by atoms with Crippen LogP contribution >= 0.6 is 11.8 Å². The Morgan fingerprint density at radius 2 is 1.93 bits per heavy atom. The molecule has 0 aromatic heterocycles. The van der Waals surface area contributed by atoms with Gasteiger partial charge in [-0.1, -0.05) is 37.3 Å². The number of benzene rings is 1. The standard InChI is InChI=1S/C20H26N2O4S/c1-3-11-21(12-10-20(25)26-4-2)18(23)13-22-17(14-27-15-19(22)24)16-8-6-5-7-9-16/h5-9,14H,3-4,10-13,15H2,1-2H3. The number of esters is 1. The van der Waals surface area contributed by atoms with E-state index in [9.17, 15) is 14.4 Å². The van der Waals surface area contributed by atoms with Gasteiger partial charge in [0.1, 0.15) is 6.54 Å². The van der Waals surface area contributed by atoms with Crippen LogP contribution in [0.4, 0.5) is 0 Å². The Morgan fingerprint density at radius 1 is 1.19 bits per heavy atom. The van der Waals surface area contributed by atoms with Crippen molar-refractivity contribution in [3.63, 3.8) is 0 Å². The third-order valence-corrected chi connectivity index (χ3v) is 4.90. The van der Waals surface area contributed by atoms with E-state index in [2.05, 4.69) is 0 Å². The van der Waals surface area contributed by atoms with Crippen molar-refractivity contribution in [1.29, 1.82) is 0 Å². The van der Waals surface area contributed by atoms with Crippen LogP contribution in [0, 0.1) is 0 Å². The van der Waals surface area contributed by atoms with Crippen molar-refractivity contribution in [2.75, 3.05) is 32.0 Å². The minimum absolute atomic E-state index is 0.0249. The van der Waals surface area contributed by atoms with Crippen LogP contribution in [0.25, 0.3) is 5.70 Å². The molecule has 0 atom stereocenters. The average molecular weight is 391 g/mol. The fraction of sp³-hybridized carbons (Fsp3) is 0.450. The number of hydrogen-bond donors (Lipinski definition) is 0. The Hall–Kier alpha value is -2.28. The summed E-state index contributed by atoms with van der Waals surface area (Å²) in [6.07, 6.45) is 0.935. The number of ether oxygens (including phenoxy) is 1.